The van der Waals surface area contributed by atoms with Gasteiger partial charge in [-0.05, 0) is 50.2 Å². The molecule has 3 heterocycles. The van der Waals surface area contributed by atoms with E-state index >= 15 is 0 Å². The standard InChI is InChI=1S/C42H53N5O8S/c1-7-28-25-42(28,40(51)47(8-2)56(52)53)44-38(49)35-22-30(26-46(35)39(50)32(41(3,4)5)23-37(48)45-19-13-10-14-20-45)55-36-24-33(27-15-11-9-12-16-27)43-34-21-29(54-6)17-18-31(34)36/h7,9,11-12,15-18,21,24,28,30,32,35H,1,8,10,13-14,19-20,22-23,25-26H2,2-6H3,(H,44,49)(H,52,53)/p-1/t28-,30-,32-,35+,42-/m1/s1. The van der Waals surface area contributed by atoms with Gasteiger partial charge < -0.3 is 29.1 Å². The molecular formula is C42H52N5O8S-. The van der Waals surface area contributed by atoms with Crippen LogP contribution in [0.4, 0.5) is 0 Å². The Hall–Kier alpha value is -4.82. The van der Waals surface area contributed by atoms with Gasteiger partial charge in [-0.25, -0.2) is 4.98 Å². The average molecular weight is 787 g/mol. The molecule has 3 fully saturated rings. The minimum atomic E-state index is -2.86. The van der Waals surface area contributed by atoms with Gasteiger partial charge in [0.05, 0.1) is 30.8 Å². The van der Waals surface area contributed by atoms with Gasteiger partial charge in [0.2, 0.25) is 17.7 Å². The van der Waals surface area contributed by atoms with Gasteiger partial charge in [-0.1, -0.05) is 57.2 Å². The number of pyridine rings is 1. The molecule has 300 valence electrons. The lowest BCUT2D eigenvalue weighted by atomic mass is 9.77. The second-order valence-electron chi connectivity index (χ2n) is 16.0. The molecule has 56 heavy (non-hydrogen) atoms. The van der Waals surface area contributed by atoms with E-state index in [1.165, 1.54) is 17.9 Å². The van der Waals surface area contributed by atoms with Crippen LogP contribution in [-0.2, 0) is 30.4 Å². The van der Waals surface area contributed by atoms with Crippen LogP contribution in [0.15, 0.2) is 67.3 Å². The lowest BCUT2D eigenvalue weighted by molar-refractivity contribution is -0.149. The maximum absolute atomic E-state index is 14.8. The van der Waals surface area contributed by atoms with Gasteiger partial charge in [0.15, 0.2) is 0 Å². The number of likely N-dealkylation sites (tertiary alicyclic amines) is 2. The van der Waals surface area contributed by atoms with Crippen LogP contribution in [0.25, 0.3) is 22.2 Å². The first kappa shape index (κ1) is 40.8. The molecule has 0 spiro atoms. The Morgan fingerprint density at radius 1 is 1.11 bits per heavy atom. The second kappa shape index (κ2) is 16.7. The monoisotopic (exact) mass is 786 g/mol. The summed E-state index contributed by atoms with van der Waals surface area (Å²) in [5.74, 6) is -1.99. The number of nitrogens with one attached hydrogen (secondary N) is 1. The summed E-state index contributed by atoms with van der Waals surface area (Å²) in [4.78, 5) is 64.9. The number of nitrogens with zero attached hydrogens (tertiary/aromatic N) is 4. The van der Waals surface area contributed by atoms with Gasteiger partial charge in [-0.15, -0.1) is 6.58 Å². The maximum Gasteiger partial charge on any atom is 0.259 e. The van der Waals surface area contributed by atoms with E-state index in [1.807, 2.05) is 80.3 Å². The van der Waals surface area contributed by atoms with Gasteiger partial charge in [0.25, 0.3) is 5.91 Å². The zero-order chi connectivity index (χ0) is 40.4. The molecule has 4 amide bonds. The van der Waals surface area contributed by atoms with Crippen LogP contribution in [0.5, 0.6) is 11.5 Å². The van der Waals surface area contributed by atoms with Crippen LogP contribution >= 0.6 is 0 Å². The fraction of sp³-hybridized carbons (Fsp3) is 0.500. The molecule has 0 radical (unpaired) electrons. The summed E-state index contributed by atoms with van der Waals surface area (Å²) in [6, 6.07) is 15.9. The first-order valence-corrected chi connectivity index (χ1v) is 20.4. The minimum absolute atomic E-state index is 0.0162. The first-order chi connectivity index (χ1) is 26.7. The summed E-state index contributed by atoms with van der Waals surface area (Å²) < 4.78 is 36.9. The third-order valence-electron chi connectivity index (χ3n) is 11.3. The van der Waals surface area contributed by atoms with Crippen LogP contribution in [0.1, 0.15) is 66.2 Å². The highest BCUT2D eigenvalue weighted by Gasteiger charge is 2.62. The number of piperidine rings is 1. The number of likely N-dealkylation sites (N-methyl/N-ethyl adjacent to an activating group) is 1. The molecule has 3 aromatic rings. The summed E-state index contributed by atoms with van der Waals surface area (Å²) >= 11 is -2.86. The lowest BCUT2D eigenvalue weighted by Gasteiger charge is -2.37. The summed E-state index contributed by atoms with van der Waals surface area (Å²) in [5, 5.41) is 3.57. The highest BCUT2D eigenvalue weighted by Crippen LogP contribution is 2.46. The number of fused-ring (bicyclic) bond motifs is 1. The van der Waals surface area contributed by atoms with Crippen molar-refractivity contribution in [1.29, 1.82) is 0 Å². The van der Waals surface area contributed by atoms with Crippen LogP contribution in [-0.4, -0.2) is 102 Å². The predicted octanol–water partition coefficient (Wildman–Crippen LogP) is 5.03. The molecule has 1 saturated carbocycles. The van der Waals surface area contributed by atoms with Crippen LogP contribution in [0.3, 0.4) is 0 Å². The molecule has 2 aliphatic heterocycles. The van der Waals surface area contributed by atoms with Crippen molar-refractivity contribution in [2.45, 2.75) is 83.9 Å². The summed E-state index contributed by atoms with van der Waals surface area (Å²) in [7, 11) is 1.58. The van der Waals surface area contributed by atoms with Gasteiger partial charge in [0.1, 0.15) is 29.2 Å². The van der Waals surface area contributed by atoms with E-state index in [4.69, 9.17) is 14.5 Å². The number of hydrogen-bond acceptors (Lipinski definition) is 9. The lowest BCUT2D eigenvalue weighted by Crippen LogP contribution is -2.57. The van der Waals surface area contributed by atoms with Gasteiger partial charge in [-0.2, -0.15) is 0 Å². The van der Waals surface area contributed by atoms with Crippen LogP contribution in [0.2, 0.25) is 0 Å². The summed E-state index contributed by atoms with van der Waals surface area (Å²) in [6.07, 6.45) is 3.96. The van der Waals surface area contributed by atoms with E-state index in [9.17, 15) is 27.9 Å². The van der Waals surface area contributed by atoms with Crippen LogP contribution < -0.4 is 14.8 Å². The molecule has 3 aliphatic rings. The predicted molar refractivity (Wildman–Crippen MR) is 212 cm³/mol. The van der Waals surface area contributed by atoms with Crippen molar-refractivity contribution in [2.24, 2.45) is 17.3 Å². The topological polar surface area (TPSA) is 162 Å². The molecule has 1 N–H and O–H groups in total. The van der Waals surface area contributed by atoms with Crippen molar-refractivity contribution < 1.29 is 37.4 Å². The average Bonchev–Trinajstić information content (AvgIpc) is 3.74. The molecule has 6 rings (SSSR count). The summed E-state index contributed by atoms with van der Waals surface area (Å²) in [6.45, 7) is 12.3. The van der Waals surface area contributed by atoms with E-state index in [1.54, 1.807) is 7.11 Å². The Morgan fingerprint density at radius 3 is 2.43 bits per heavy atom. The Morgan fingerprint density at radius 2 is 1.82 bits per heavy atom. The SMILES string of the molecule is C=C[C@@H]1C[C@]1(NC(=O)[C@@H]1C[C@@H](Oc2cc(-c3ccccc3)nc3cc(OC)ccc23)CN1C(=O)[C@@H](CC(=O)N1CCCCC1)C(C)(C)C)C(=O)N(CC)S(=O)[O-]. The number of rotatable bonds is 13. The fourth-order valence-corrected chi connectivity index (χ4v) is 8.49. The largest absolute Gasteiger partial charge is 0.755 e. The molecule has 2 aromatic carbocycles. The normalized spacial score (nSPS) is 23.2. The Kier molecular flexibility index (Phi) is 12.2. The Labute approximate surface area is 331 Å². The highest BCUT2D eigenvalue weighted by molar-refractivity contribution is 7.77. The number of methoxy groups -OCH3 is 1. The van der Waals surface area contributed by atoms with Gasteiger partial charge >= 0.3 is 0 Å². The number of ether oxygens (including phenoxy) is 2. The quantitative estimate of drug-likeness (QED) is 0.185. The maximum atomic E-state index is 14.8. The summed E-state index contributed by atoms with van der Waals surface area (Å²) in [5.41, 5.74) is -0.0154. The highest BCUT2D eigenvalue weighted by atomic mass is 32.2. The van der Waals surface area contributed by atoms with Crippen molar-refractivity contribution in [3.63, 3.8) is 0 Å². The van der Waals surface area contributed by atoms with Gasteiger partial charge in [0, 0.05) is 72.7 Å². The Balaban J connectivity index is 1.36. The number of amides is 4. The molecule has 2 saturated heterocycles. The Bertz CT molecular complexity index is 2000. The van der Waals surface area contributed by atoms with E-state index in [0.717, 1.165) is 24.8 Å². The van der Waals surface area contributed by atoms with E-state index in [0.29, 0.717) is 45.5 Å². The number of hydrogen-bond donors (Lipinski definition) is 1. The third kappa shape index (κ3) is 8.46. The van der Waals surface area contributed by atoms with Crippen molar-refractivity contribution in [3.05, 3.63) is 67.3 Å². The van der Waals surface area contributed by atoms with Crippen LogP contribution in [0, 0.1) is 17.3 Å². The minimum Gasteiger partial charge on any atom is -0.755 e. The molecule has 1 aliphatic carbocycles. The van der Waals surface area contributed by atoms with Crippen molar-refractivity contribution in [2.75, 3.05) is 33.3 Å². The smallest absolute Gasteiger partial charge is 0.259 e. The zero-order valence-corrected chi connectivity index (χ0v) is 33.6. The molecule has 14 heteroatoms. The third-order valence-corrected chi connectivity index (χ3v) is 12.1. The molecule has 13 nitrogen and oxygen atoms in total. The second-order valence-corrected chi connectivity index (χ2v) is 16.9. The van der Waals surface area contributed by atoms with Gasteiger partial charge in [-0.3, -0.25) is 27.7 Å². The van der Waals surface area contributed by atoms with E-state index in [-0.39, 0.29) is 44.2 Å². The van der Waals surface area contributed by atoms with E-state index in [2.05, 4.69) is 11.9 Å². The number of carbonyl (C=O) groups excluding carboxylic acids is 4. The fourth-order valence-electron chi connectivity index (χ4n) is 7.98. The zero-order valence-electron chi connectivity index (χ0n) is 32.8. The number of aromatic nitrogens is 1. The molecule has 6 atom stereocenters. The van der Waals surface area contributed by atoms with Crippen molar-refractivity contribution in [1.82, 2.24) is 24.4 Å². The molecule has 0 bridgehead atoms. The number of benzene rings is 2. The van der Waals surface area contributed by atoms with E-state index < -0.39 is 58.0 Å². The molecule has 1 unspecified atom stereocenters. The molecule has 1 aromatic heterocycles. The number of carbonyl (C=O) groups is 4. The van der Waals surface area contributed by atoms with Crippen molar-refractivity contribution in [3.8, 4) is 22.8 Å². The first-order valence-electron chi connectivity index (χ1n) is 19.4. The molecular weight excluding hydrogens is 735 g/mol. The van der Waals surface area contributed by atoms with Crippen molar-refractivity contribution >= 4 is 45.8 Å².